The minimum absolute atomic E-state index is 0.0172. The molecule has 0 bridgehead atoms. The maximum Gasteiger partial charge on any atom is 0.472 e. The second-order valence-electron chi connectivity index (χ2n) is 17.5. The van der Waals surface area contributed by atoms with Crippen LogP contribution in [0, 0.1) is 0 Å². The number of quaternary nitrogens is 1. The lowest BCUT2D eigenvalue weighted by atomic mass is 10.0. The van der Waals surface area contributed by atoms with Crippen LogP contribution in [-0.2, 0) is 43.9 Å². The van der Waals surface area contributed by atoms with Crippen molar-refractivity contribution >= 4 is 36.4 Å². The fourth-order valence-electron chi connectivity index (χ4n) is 7.01. The summed E-state index contributed by atoms with van der Waals surface area (Å²) in [5.41, 5.74) is 1.03. The molecule has 0 radical (unpaired) electrons. The first-order valence-corrected chi connectivity index (χ1v) is 24.9. The van der Waals surface area contributed by atoms with Gasteiger partial charge >= 0.3 is 19.8 Å². The summed E-state index contributed by atoms with van der Waals surface area (Å²) in [6, 6.07) is 14.3. The van der Waals surface area contributed by atoms with E-state index in [0.717, 1.165) is 81.6 Å². The van der Waals surface area contributed by atoms with E-state index in [1.54, 1.807) is 0 Å². The fraction of sp³-hybridized carbons (Fsp3) is 0.729. The molecule has 0 saturated heterocycles. The summed E-state index contributed by atoms with van der Waals surface area (Å²) in [4.78, 5) is 47.9. The second kappa shape index (κ2) is 32.8. The third-order valence-corrected chi connectivity index (χ3v) is 11.7. The van der Waals surface area contributed by atoms with Gasteiger partial charge in [0.1, 0.15) is 19.8 Å². The van der Waals surface area contributed by atoms with Crippen LogP contribution < -0.4 is 5.32 Å². The van der Waals surface area contributed by atoms with E-state index in [4.69, 9.17) is 18.5 Å². The van der Waals surface area contributed by atoms with E-state index in [9.17, 15) is 23.8 Å². The maximum atomic E-state index is 12.7. The number of carbonyl (C=O) groups excluding carboxylic acids is 3. The number of nitrogens with zero attached hydrogens (tertiary/aromatic N) is 1. The van der Waals surface area contributed by atoms with Crippen molar-refractivity contribution in [1.82, 2.24) is 5.32 Å². The SMILES string of the molecule is CCCCCCCCCCCCCCCC(=O)OC[C@H](COP(=O)(O)OCC[N+](C)(C)C)OC(=O)CCCCCCCCCCCNC(=O)Cc1ccc2ccccc2c1. The molecule has 2 N–H and O–H groups in total. The van der Waals surface area contributed by atoms with Crippen LogP contribution in [0.5, 0.6) is 0 Å². The predicted octanol–water partition coefficient (Wildman–Crippen LogP) is 11.2. The Hall–Kier alpha value is -2.82. The molecule has 2 aromatic rings. The highest BCUT2D eigenvalue weighted by Gasteiger charge is 2.27. The van der Waals surface area contributed by atoms with Crippen LogP contribution in [0.1, 0.15) is 167 Å². The lowest BCUT2D eigenvalue weighted by Gasteiger charge is -2.24. The van der Waals surface area contributed by atoms with Gasteiger partial charge in [-0.15, -0.1) is 0 Å². The molecule has 342 valence electrons. The third kappa shape index (κ3) is 29.4. The van der Waals surface area contributed by atoms with Gasteiger partial charge in [0.2, 0.25) is 5.91 Å². The quantitative estimate of drug-likeness (QED) is 0.0292. The lowest BCUT2D eigenvalue weighted by Crippen LogP contribution is -2.37. The minimum Gasteiger partial charge on any atom is -0.462 e. The number of rotatable bonds is 38. The number of nitrogens with one attached hydrogen (secondary N) is 1. The average Bonchev–Trinajstić information content (AvgIpc) is 3.20. The number of benzene rings is 2. The topological polar surface area (TPSA) is 137 Å². The maximum absolute atomic E-state index is 12.7. The average molecular weight is 862 g/mol. The Morgan fingerprint density at radius 2 is 1.17 bits per heavy atom. The Morgan fingerprint density at radius 1 is 0.650 bits per heavy atom. The summed E-state index contributed by atoms with van der Waals surface area (Å²) >= 11 is 0. The monoisotopic (exact) mass is 862 g/mol. The van der Waals surface area contributed by atoms with Gasteiger partial charge < -0.3 is 24.2 Å². The molecule has 0 aromatic heterocycles. The molecule has 60 heavy (non-hydrogen) atoms. The third-order valence-electron chi connectivity index (χ3n) is 10.7. The Labute approximate surface area is 363 Å². The first-order chi connectivity index (χ1) is 28.9. The number of hydrogen-bond donors (Lipinski definition) is 2. The van der Waals surface area contributed by atoms with E-state index in [2.05, 4.69) is 36.5 Å². The molecule has 0 aliphatic carbocycles. The van der Waals surface area contributed by atoms with Crippen molar-refractivity contribution < 1.29 is 46.8 Å². The fourth-order valence-corrected chi connectivity index (χ4v) is 7.75. The van der Waals surface area contributed by atoms with Gasteiger partial charge in [-0.1, -0.05) is 171 Å². The zero-order chi connectivity index (χ0) is 43.7. The molecule has 11 nitrogen and oxygen atoms in total. The summed E-state index contributed by atoms with van der Waals surface area (Å²) in [5, 5.41) is 5.38. The van der Waals surface area contributed by atoms with Gasteiger partial charge in [0.05, 0.1) is 34.2 Å². The minimum atomic E-state index is -4.40. The number of phosphoric ester groups is 1. The van der Waals surface area contributed by atoms with Gasteiger partial charge in [0, 0.05) is 19.4 Å². The Balaban J connectivity index is 1.57. The number of fused-ring (bicyclic) bond motifs is 1. The molecule has 0 aliphatic rings. The summed E-state index contributed by atoms with van der Waals surface area (Å²) in [5.74, 6) is -0.784. The van der Waals surface area contributed by atoms with Crippen LogP contribution in [0.3, 0.4) is 0 Å². The predicted molar refractivity (Wildman–Crippen MR) is 243 cm³/mol. The molecular formula is C48H82N2O9P+. The molecule has 0 aliphatic heterocycles. The molecule has 2 rings (SSSR count). The van der Waals surface area contributed by atoms with E-state index in [1.165, 1.54) is 69.6 Å². The number of unbranched alkanes of at least 4 members (excludes halogenated alkanes) is 20. The molecule has 2 atom stereocenters. The molecule has 0 heterocycles. The van der Waals surface area contributed by atoms with Crippen LogP contribution in [0.15, 0.2) is 42.5 Å². The van der Waals surface area contributed by atoms with Gasteiger partial charge in [-0.25, -0.2) is 4.57 Å². The van der Waals surface area contributed by atoms with Crippen molar-refractivity contribution in [2.45, 2.75) is 174 Å². The van der Waals surface area contributed by atoms with E-state index in [1.807, 2.05) is 39.3 Å². The van der Waals surface area contributed by atoms with E-state index in [-0.39, 0.29) is 37.9 Å². The largest absolute Gasteiger partial charge is 0.472 e. The first-order valence-electron chi connectivity index (χ1n) is 23.4. The van der Waals surface area contributed by atoms with Crippen molar-refractivity contribution in [3.05, 3.63) is 48.0 Å². The van der Waals surface area contributed by atoms with E-state index in [0.29, 0.717) is 30.4 Å². The molecular weight excluding hydrogens is 780 g/mol. The highest BCUT2D eigenvalue weighted by Crippen LogP contribution is 2.43. The summed E-state index contributed by atoms with van der Waals surface area (Å²) < 4.78 is 34.3. The van der Waals surface area contributed by atoms with Crippen molar-refractivity contribution in [1.29, 1.82) is 0 Å². The lowest BCUT2D eigenvalue weighted by molar-refractivity contribution is -0.870. The van der Waals surface area contributed by atoms with Crippen molar-refractivity contribution in [2.24, 2.45) is 0 Å². The standard InChI is InChI=1S/C48H81N2O9P/c1-5-6-7-8-9-10-11-12-13-15-18-21-24-31-47(52)56-40-45(41-58-60(54,55)57-37-36-50(2,3)4)59-48(53)32-25-22-19-16-14-17-20-23-28-35-49-46(51)39-42-33-34-43-29-26-27-30-44(43)38-42/h26-27,29-30,33-34,38,45H,5-25,28,31-32,35-37,39-41H2,1-4H3,(H-,49,51,54,55)/p+1/t45-/m1/s1. The number of hydrogen-bond acceptors (Lipinski definition) is 8. The molecule has 0 fully saturated rings. The highest BCUT2D eigenvalue weighted by molar-refractivity contribution is 7.47. The van der Waals surface area contributed by atoms with Crippen LogP contribution >= 0.6 is 7.82 Å². The Morgan fingerprint density at radius 3 is 1.73 bits per heavy atom. The van der Waals surface area contributed by atoms with Crippen LogP contribution in [0.2, 0.25) is 0 Å². The van der Waals surface area contributed by atoms with E-state index >= 15 is 0 Å². The van der Waals surface area contributed by atoms with Crippen LogP contribution in [-0.4, -0.2) is 87.4 Å². The Bertz CT molecular complexity index is 1500. The normalized spacial score (nSPS) is 13.2. The zero-order valence-corrected chi connectivity index (χ0v) is 38.8. The summed E-state index contributed by atoms with van der Waals surface area (Å²) in [6.45, 7) is 2.78. The zero-order valence-electron chi connectivity index (χ0n) is 37.9. The molecule has 12 heteroatoms. The second-order valence-corrected chi connectivity index (χ2v) is 19.0. The highest BCUT2D eigenvalue weighted by atomic mass is 31.2. The van der Waals surface area contributed by atoms with Gasteiger partial charge in [0.25, 0.3) is 0 Å². The van der Waals surface area contributed by atoms with Gasteiger partial charge in [-0.2, -0.15) is 0 Å². The molecule has 0 saturated carbocycles. The number of carbonyl (C=O) groups is 3. The number of ether oxygens (including phenoxy) is 2. The Kier molecular flexibility index (Phi) is 29.2. The van der Waals surface area contributed by atoms with Gasteiger partial charge in [0.15, 0.2) is 6.10 Å². The molecule has 2 aromatic carbocycles. The molecule has 0 spiro atoms. The number of phosphoric acid groups is 1. The van der Waals surface area contributed by atoms with Crippen molar-refractivity contribution in [3.63, 3.8) is 0 Å². The number of likely N-dealkylation sites (N-methyl/N-ethyl adjacent to an activating group) is 1. The molecule has 1 unspecified atom stereocenters. The van der Waals surface area contributed by atoms with Crippen LogP contribution in [0.25, 0.3) is 10.8 Å². The summed E-state index contributed by atoms with van der Waals surface area (Å²) in [7, 11) is 1.43. The van der Waals surface area contributed by atoms with Gasteiger partial charge in [-0.3, -0.25) is 23.4 Å². The van der Waals surface area contributed by atoms with Crippen molar-refractivity contribution in [2.75, 3.05) is 54.1 Å². The number of esters is 2. The summed E-state index contributed by atoms with van der Waals surface area (Å²) in [6.07, 6.45) is 24.8. The van der Waals surface area contributed by atoms with E-state index < -0.39 is 26.5 Å². The van der Waals surface area contributed by atoms with Crippen molar-refractivity contribution in [3.8, 4) is 0 Å². The van der Waals surface area contributed by atoms with Crippen LogP contribution in [0.4, 0.5) is 0 Å². The smallest absolute Gasteiger partial charge is 0.462 e. The first kappa shape index (κ1) is 53.3. The molecule has 1 amide bonds. The van der Waals surface area contributed by atoms with Gasteiger partial charge in [-0.05, 0) is 35.6 Å². The number of amides is 1.